The summed E-state index contributed by atoms with van der Waals surface area (Å²) < 4.78 is 0. The molecule has 26 heavy (non-hydrogen) atoms. The van der Waals surface area contributed by atoms with Crippen molar-refractivity contribution in [3.05, 3.63) is 38.4 Å². The second kappa shape index (κ2) is 7.13. The summed E-state index contributed by atoms with van der Waals surface area (Å²) >= 11 is 3.26. The summed E-state index contributed by atoms with van der Waals surface area (Å²) in [5.74, 6) is -0.499. The molecule has 2 aromatic heterocycles. The second-order valence-corrected chi connectivity index (χ2v) is 9.09. The highest BCUT2D eigenvalue weighted by Gasteiger charge is 2.34. The third-order valence-corrected chi connectivity index (χ3v) is 7.63. The van der Waals surface area contributed by atoms with E-state index in [9.17, 15) is 9.59 Å². The molecule has 0 radical (unpaired) electrons. The lowest BCUT2D eigenvalue weighted by molar-refractivity contribution is -0.121. The van der Waals surface area contributed by atoms with Crippen molar-refractivity contribution < 1.29 is 9.59 Å². The number of anilines is 1. The molecular weight excluding hydrogens is 366 g/mol. The number of nitrogens with two attached hydrogens (primary N) is 1. The van der Waals surface area contributed by atoms with E-state index in [2.05, 4.69) is 27.7 Å². The van der Waals surface area contributed by atoms with E-state index < -0.39 is 5.91 Å². The normalized spacial score (nSPS) is 20.9. The smallest absolute Gasteiger partial charge is 0.251 e. The van der Waals surface area contributed by atoms with Crippen LogP contribution in [-0.2, 0) is 17.6 Å². The van der Waals surface area contributed by atoms with Crippen molar-refractivity contribution in [2.75, 3.05) is 11.9 Å². The van der Waals surface area contributed by atoms with E-state index >= 15 is 0 Å². The maximum Gasteiger partial charge on any atom is 0.251 e. The molecule has 1 aliphatic heterocycles. The van der Waals surface area contributed by atoms with Gasteiger partial charge in [0.1, 0.15) is 5.00 Å². The fourth-order valence-electron chi connectivity index (χ4n) is 4.16. The van der Waals surface area contributed by atoms with E-state index in [1.54, 1.807) is 11.3 Å². The molecule has 2 atom stereocenters. The van der Waals surface area contributed by atoms with E-state index in [0.29, 0.717) is 16.6 Å². The van der Waals surface area contributed by atoms with Crippen LogP contribution < -0.4 is 11.1 Å². The Morgan fingerprint density at radius 2 is 2.19 bits per heavy atom. The number of fused-ring (bicyclic) bond motifs is 1. The Bertz CT molecular complexity index is 828. The zero-order valence-corrected chi connectivity index (χ0v) is 16.4. The van der Waals surface area contributed by atoms with Gasteiger partial charge in [0.15, 0.2) is 0 Å². The van der Waals surface area contributed by atoms with Gasteiger partial charge >= 0.3 is 0 Å². The van der Waals surface area contributed by atoms with E-state index in [1.807, 2.05) is 6.92 Å². The zero-order chi connectivity index (χ0) is 18.3. The molecule has 4 rings (SSSR count). The van der Waals surface area contributed by atoms with Crippen molar-refractivity contribution in [1.29, 1.82) is 0 Å². The zero-order valence-electron chi connectivity index (χ0n) is 14.8. The van der Waals surface area contributed by atoms with Crippen LogP contribution >= 0.6 is 22.7 Å². The number of carbonyl (C=O) groups excluding carboxylic acids is 2. The monoisotopic (exact) mass is 389 g/mol. The largest absolute Gasteiger partial charge is 0.365 e. The third-order valence-electron chi connectivity index (χ3n) is 5.45. The fourth-order valence-corrected chi connectivity index (χ4v) is 6.34. The second-order valence-electron chi connectivity index (χ2n) is 7.00. The molecule has 5 nitrogen and oxygen atoms in total. The Morgan fingerprint density at radius 1 is 1.35 bits per heavy atom. The maximum absolute atomic E-state index is 12.9. The number of hydrogen-bond donors (Lipinski definition) is 2. The summed E-state index contributed by atoms with van der Waals surface area (Å²) in [6.07, 6.45) is 5.08. The van der Waals surface area contributed by atoms with E-state index in [1.165, 1.54) is 21.1 Å². The summed E-state index contributed by atoms with van der Waals surface area (Å²) in [5.41, 5.74) is 7.17. The molecule has 138 valence electrons. The van der Waals surface area contributed by atoms with Crippen molar-refractivity contribution in [2.45, 2.75) is 51.1 Å². The Balaban J connectivity index is 1.53. The Hall–Kier alpha value is -1.70. The lowest BCUT2D eigenvalue weighted by Gasteiger charge is -2.29. The first-order chi connectivity index (χ1) is 12.6. The van der Waals surface area contributed by atoms with Gasteiger partial charge in [-0.15, -0.1) is 22.7 Å². The fraction of sp³-hybridized carbons (Fsp3) is 0.474. The molecule has 3 N–H and O–H groups in total. The predicted molar refractivity (Wildman–Crippen MR) is 106 cm³/mol. The number of carbonyl (C=O) groups is 2. The molecule has 1 aliphatic carbocycles. The van der Waals surface area contributed by atoms with Crippen molar-refractivity contribution >= 4 is 39.5 Å². The molecule has 2 aliphatic rings. The summed E-state index contributed by atoms with van der Waals surface area (Å²) in [5, 5.41) is 5.72. The molecule has 0 unspecified atom stereocenters. The van der Waals surface area contributed by atoms with Gasteiger partial charge in [0.05, 0.1) is 11.6 Å². The molecule has 0 spiro atoms. The maximum atomic E-state index is 12.9. The highest BCUT2D eigenvalue weighted by molar-refractivity contribution is 7.17. The first-order valence-corrected chi connectivity index (χ1v) is 10.8. The van der Waals surface area contributed by atoms with Gasteiger partial charge in [-0.25, -0.2) is 0 Å². The molecule has 0 saturated carbocycles. The average molecular weight is 390 g/mol. The molecule has 1 fully saturated rings. The van der Waals surface area contributed by atoms with Crippen molar-refractivity contribution in [2.24, 2.45) is 5.73 Å². The van der Waals surface area contributed by atoms with Crippen LogP contribution in [0.1, 0.15) is 57.9 Å². The number of rotatable bonds is 5. The number of hydrogen-bond acceptors (Lipinski definition) is 5. The van der Waals surface area contributed by atoms with Crippen LogP contribution in [0, 0.1) is 0 Å². The SMILES string of the molecule is C[C@H](C(=O)Nc1sc2c(c1C(N)=O)CCC2)N1CCC[C@H]1c1cccs1. The standard InChI is InChI=1S/C19H23N3O2S2/c1-11(22-9-3-6-13(22)15-8-4-10-25-15)18(24)21-19-16(17(20)23)12-5-2-7-14(12)26-19/h4,8,10-11,13H,2-3,5-7,9H2,1H3,(H2,20,23)(H,21,24)/t11-,13+/m1/s1. The molecule has 1 saturated heterocycles. The third kappa shape index (κ3) is 3.08. The van der Waals surface area contributed by atoms with Crippen LogP contribution in [0.25, 0.3) is 0 Å². The number of likely N-dealkylation sites (tertiary alicyclic amines) is 1. The van der Waals surface area contributed by atoms with Gasteiger partial charge in [0.2, 0.25) is 5.91 Å². The van der Waals surface area contributed by atoms with Gasteiger partial charge in [0.25, 0.3) is 5.91 Å². The van der Waals surface area contributed by atoms with E-state index in [4.69, 9.17) is 5.73 Å². The van der Waals surface area contributed by atoms with Gasteiger partial charge < -0.3 is 11.1 Å². The summed E-state index contributed by atoms with van der Waals surface area (Å²) in [7, 11) is 0. The number of amides is 2. The Kier molecular flexibility index (Phi) is 4.86. The van der Waals surface area contributed by atoms with Crippen molar-refractivity contribution in [3.63, 3.8) is 0 Å². The van der Waals surface area contributed by atoms with Gasteiger partial charge in [-0.05, 0) is 62.6 Å². The topological polar surface area (TPSA) is 75.4 Å². The van der Waals surface area contributed by atoms with Gasteiger partial charge in [0, 0.05) is 15.8 Å². The van der Waals surface area contributed by atoms with Gasteiger partial charge in [-0.1, -0.05) is 6.07 Å². The number of thiophene rings is 2. The predicted octanol–water partition coefficient (Wildman–Crippen LogP) is 3.56. The molecular formula is C19H23N3O2S2. The van der Waals surface area contributed by atoms with Crippen molar-refractivity contribution in [1.82, 2.24) is 4.90 Å². The van der Waals surface area contributed by atoms with Crippen molar-refractivity contribution in [3.8, 4) is 0 Å². The van der Waals surface area contributed by atoms with Crippen LogP contribution in [0.2, 0.25) is 0 Å². The first kappa shape index (κ1) is 17.7. The van der Waals surface area contributed by atoms with Gasteiger partial charge in [-0.2, -0.15) is 0 Å². The minimum absolute atomic E-state index is 0.0594. The van der Waals surface area contributed by atoms with Crippen LogP contribution in [0.3, 0.4) is 0 Å². The summed E-state index contributed by atoms with van der Waals surface area (Å²) in [4.78, 5) is 29.6. The number of nitrogens with zero attached hydrogens (tertiary/aromatic N) is 1. The highest BCUT2D eigenvalue weighted by atomic mass is 32.1. The van der Waals surface area contributed by atoms with E-state index in [-0.39, 0.29) is 11.9 Å². The molecule has 0 aromatic carbocycles. The van der Waals surface area contributed by atoms with Gasteiger partial charge in [-0.3, -0.25) is 14.5 Å². The van der Waals surface area contributed by atoms with Crippen LogP contribution in [0.15, 0.2) is 17.5 Å². The average Bonchev–Trinajstić information content (AvgIpc) is 3.35. The Morgan fingerprint density at radius 3 is 2.92 bits per heavy atom. The molecule has 0 bridgehead atoms. The van der Waals surface area contributed by atoms with Crippen LogP contribution in [-0.4, -0.2) is 29.3 Å². The molecule has 3 heterocycles. The lowest BCUT2D eigenvalue weighted by atomic mass is 10.1. The molecule has 2 amide bonds. The Labute approximate surface area is 161 Å². The molecule has 7 heteroatoms. The van der Waals surface area contributed by atoms with E-state index in [0.717, 1.165) is 44.2 Å². The lowest BCUT2D eigenvalue weighted by Crippen LogP contribution is -2.41. The first-order valence-electron chi connectivity index (χ1n) is 9.10. The van der Waals surface area contributed by atoms with Crippen LogP contribution in [0.5, 0.6) is 0 Å². The number of primary amides is 1. The number of nitrogens with one attached hydrogen (secondary N) is 1. The summed E-state index contributed by atoms with van der Waals surface area (Å²) in [6, 6.07) is 4.27. The quantitative estimate of drug-likeness (QED) is 0.821. The minimum atomic E-state index is -0.440. The minimum Gasteiger partial charge on any atom is -0.365 e. The highest BCUT2D eigenvalue weighted by Crippen LogP contribution is 2.40. The van der Waals surface area contributed by atoms with Crippen LogP contribution in [0.4, 0.5) is 5.00 Å². The number of aryl methyl sites for hydroxylation is 1. The molecule has 2 aromatic rings. The summed E-state index contributed by atoms with van der Waals surface area (Å²) in [6.45, 7) is 2.87.